The summed E-state index contributed by atoms with van der Waals surface area (Å²) < 4.78 is 1.09. The van der Waals surface area contributed by atoms with Crippen LogP contribution < -0.4 is 0 Å². The van der Waals surface area contributed by atoms with E-state index in [1.807, 2.05) is 10.3 Å². The highest BCUT2D eigenvalue weighted by Gasteiger charge is 2.24. The second-order valence-electron chi connectivity index (χ2n) is 4.19. The Bertz CT molecular complexity index is 452. The fourth-order valence-corrected chi connectivity index (χ4v) is 3.41. The third kappa shape index (κ3) is 3.30. The SMILES string of the molecule is N#CC1CCC(=O)N(CCc2cc(Br)cs2)C1. The van der Waals surface area contributed by atoms with Crippen LogP contribution in [0.25, 0.3) is 0 Å². The highest BCUT2D eigenvalue weighted by Crippen LogP contribution is 2.22. The maximum absolute atomic E-state index is 11.7. The Morgan fingerprint density at radius 3 is 3.12 bits per heavy atom. The Hall–Kier alpha value is -0.860. The van der Waals surface area contributed by atoms with E-state index < -0.39 is 0 Å². The van der Waals surface area contributed by atoms with Crippen molar-refractivity contribution in [2.45, 2.75) is 19.3 Å². The highest BCUT2D eigenvalue weighted by molar-refractivity contribution is 9.10. The summed E-state index contributed by atoms with van der Waals surface area (Å²) in [5.74, 6) is 0.204. The molecule has 0 aliphatic carbocycles. The second-order valence-corrected chi connectivity index (χ2v) is 6.10. The van der Waals surface area contributed by atoms with Crippen LogP contribution in [-0.4, -0.2) is 23.9 Å². The van der Waals surface area contributed by atoms with Gasteiger partial charge in [-0.2, -0.15) is 5.26 Å². The van der Waals surface area contributed by atoms with E-state index in [9.17, 15) is 4.79 Å². The standard InChI is InChI=1S/C12H13BrN2OS/c13-10-5-11(17-8-10)3-4-15-7-9(6-14)1-2-12(15)16/h5,8-9H,1-4,7H2. The summed E-state index contributed by atoms with van der Waals surface area (Å²) in [5, 5.41) is 10.9. The summed E-state index contributed by atoms with van der Waals surface area (Å²) >= 11 is 5.11. The lowest BCUT2D eigenvalue weighted by atomic mass is 9.99. The molecule has 0 spiro atoms. The van der Waals surface area contributed by atoms with Crippen LogP contribution >= 0.6 is 27.3 Å². The van der Waals surface area contributed by atoms with Gasteiger partial charge in [0.25, 0.3) is 0 Å². The molecule has 1 unspecified atom stereocenters. The first-order chi connectivity index (χ1) is 8.19. The summed E-state index contributed by atoms with van der Waals surface area (Å²) in [7, 11) is 0. The van der Waals surface area contributed by atoms with E-state index >= 15 is 0 Å². The first-order valence-corrected chi connectivity index (χ1v) is 7.26. The predicted octanol–water partition coefficient (Wildman–Crippen LogP) is 2.82. The van der Waals surface area contributed by atoms with Crippen molar-refractivity contribution in [1.82, 2.24) is 4.90 Å². The zero-order chi connectivity index (χ0) is 12.3. The van der Waals surface area contributed by atoms with Gasteiger partial charge < -0.3 is 4.90 Å². The predicted molar refractivity (Wildman–Crippen MR) is 70.6 cm³/mol. The van der Waals surface area contributed by atoms with Crippen molar-refractivity contribution in [3.05, 3.63) is 20.8 Å². The molecule has 1 aliphatic rings. The summed E-state index contributed by atoms with van der Waals surface area (Å²) in [6, 6.07) is 4.34. The number of nitrogens with zero attached hydrogens (tertiary/aromatic N) is 2. The van der Waals surface area contributed by atoms with Gasteiger partial charge in [0.15, 0.2) is 0 Å². The number of likely N-dealkylation sites (tertiary alicyclic amines) is 1. The van der Waals surface area contributed by atoms with Crippen molar-refractivity contribution >= 4 is 33.2 Å². The van der Waals surface area contributed by atoms with Gasteiger partial charge in [0, 0.05) is 34.2 Å². The molecule has 0 aromatic carbocycles. The average molecular weight is 313 g/mol. The van der Waals surface area contributed by atoms with E-state index in [4.69, 9.17) is 5.26 Å². The number of hydrogen-bond donors (Lipinski definition) is 0. The molecule has 1 aromatic rings. The minimum atomic E-state index is 0.0165. The molecule has 90 valence electrons. The van der Waals surface area contributed by atoms with Crippen LogP contribution in [0.4, 0.5) is 0 Å². The topological polar surface area (TPSA) is 44.1 Å². The van der Waals surface area contributed by atoms with E-state index in [1.165, 1.54) is 4.88 Å². The molecule has 1 amide bonds. The third-order valence-electron chi connectivity index (χ3n) is 2.93. The summed E-state index contributed by atoms with van der Waals surface area (Å²) in [6.07, 6.45) is 2.11. The van der Waals surface area contributed by atoms with Crippen LogP contribution in [0.1, 0.15) is 17.7 Å². The van der Waals surface area contributed by atoms with Crippen LogP contribution in [0, 0.1) is 17.2 Å². The van der Waals surface area contributed by atoms with Gasteiger partial charge in [-0.25, -0.2) is 0 Å². The molecule has 2 rings (SSSR count). The van der Waals surface area contributed by atoms with Crippen LogP contribution in [-0.2, 0) is 11.2 Å². The zero-order valence-corrected chi connectivity index (χ0v) is 11.8. The Kier molecular flexibility index (Phi) is 4.19. The maximum Gasteiger partial charge on any atom is 0.222 e. The molecule has 1 fully saturated rings. The van der Waals surface area contributed by atoms with Gasteiger partial charge in [0.1, 0.15) is 0 Å². The number of carbonyl (C=O) groups is 1. The quantitative estimate of drug-likeness (QED) is 0.861. The number of amides is 1. The lowest BCUT2D eigenvalue weighted by molar-refractivity contribution is -0.134. The number of thiophene rings is 1. The summed E-state index contributed by atoms with van der Waals surface area (Å²) in [5.41, 5.74) is 0. The van der Waals surface area contributed by atoms with Crippen molar-refractivity contribution in [3.8, 4) is 6.07 Å². The number of nitriles is 1. The smallest absolute Gasteiger partial charge is 0.222 e. The fourth-order valence-electron chi connectivity index (χ4n) is 1.97. The maximum atomic E-state index is 11.7. The first-order valence-electron chi connectivity index (χ1n) is 5.59. The Labute approximate surface area is 113 Å². The van der Waals surface area contributed by atoms with E-state index in [0.29, 0.717) is 13.0 Å². The number of piperidine rings is 1. The van der Waals surface area contributed by atoms with Gasteiger partial charge >= 0.3 is 0 Å². The van der Waals surface area contributed by atoms with Crippen LogP contribution in [0.15, 0.2) is 15.9 Å². The van der Waals surface area contributed by atoms with Gasteiger partial charge in [-0.3, -0.25) is 4.79 Å². The number of carbonyl (C=O) groups excluding carboxylic acids is 1. The van der Waals surface area contributed by atoms with Crippen LogP contribution in [0.2, 0.25) is 0 Å². The monoisotopic (exact) mass is 312 g/mol. The van der Waals surface area contributed by atoms with Crippen LogP contribution in [0.5, 0.6) is 0 Å². The minimum absolute atomic E-state index is 0.0165. The third-order valence-corrected chi connectivity index (χ3v) is 4.69. The number of hydrogen-bond acceptors (Lipinski definition) is 3. The molecule has 5 heteroatoms. The lowest BCUT2D eigenvalue weighted by Gasteiger charge is -2.29. The van der Waals surface area contributed by atoms with Crippen molar-refractivity contribution in [3.63, 3.8) is 0 Å². The number of rotatable bonds is 3. The molecule has 3 nitrogen and oxygen atoms in total. The zero-order valence-electron chi connectivity index (χ0n) is 9.36. The minimum Gasteiger partial charge on any atom is -0.341 e. The summed E-state index contributed by atoms with van der Waals surface area (Å²) in [4.78, 5) is 14.8. The molecule has 1 aromatic heterocycles. The summed E-state index contributed by atoms with van der Waals surface area (Å²) in [6.45, 7) is 1.33. The van der Waals surface area contributed by atoms with E-state index in [0.717, 1.165) is 23.9 Å². The fraction of sp³-hybridized carbons (Fsp3) is 0.500. The van der Waals surface area contributed by atoms with Crippen molar-refractivity contribution in [2.24, 2.45) is 5.92 Å². The van der Waals surface area contributed by atoms with Gasteiger partial charge in [-0.1, -0.05) is 0 Å². The Morgan fingerprint density at radius 2 is 2.47 bits per heavy atom. The highest BCUT2D eigenvalue weighted by atomic mass is 79.9. The molecule has 0 N–H and O–H groups in total. The van der Waals surface area contributed by atoms with Gasteiger partial charge in [-0.15, -0.1) is 11.3 Å². The molecule has 1 atom stereocenters. The molecular formula is C12H13BrN2OS. The Balaban J connectivity index is 1.89. The molecule has 1 aliphatic heterocycles. The Morgan fingerprint density at radius 1 is 1.65 bits per heavy atom. The second kappa shape index (κ2) is 5.65. The first kappa shape index (κ1) is 12.6. The van der Waals surface area contributed by atoms with Crippen molar-refractivity contribution in [2.75, 3.05) is 13.1 Å². The average Bonchev–Trinajstić information content (AvgIpc) is 2.74. The van der Waals surface area contributed by atoms with Gasteiger partial charge in [0.2, 0.25) is 5.91 Å². The number of halogens is 1. The van der Waals surface area contributed by atoms with E-state index in [2.05, 4.69) is 28.1 Å². The van der Waals surface area contributed by atoms with Gasteiger partial charge in [-0.05, 0) is 34.8 Å². The normalized spacial score (nSPS) is 20.4. The van der Waals surface area contributed by atoms with Gasteiger partial charge in [0.05, 0.1) is 12.0 Å². The largest absolute Gasteiger partial charge is 0.341 e. The molecular weight excluding hydrogens is 300 g/mol. The lowest BCUT2D eigenvalue weighted by Crippen LogP contribution is -2.40. The van der Waals surface area contributed by atoms with E-state index in [-0.39, 0.29) is 11.8 Å². The van der Waals surface area contributed by atoms with Crippen LogP contribution in [0.3, 0.4) is 0 Å². The molecule has 17 heavy (non-hydrogen) atoms. The van der Waals surface area contributed by atoms with E-state index in [1.54, 1.807) is 11.3 Å². The van der Waals surface area contributed by atoms with Crippen molar-refractivity contribution < 1.29 is 4.79 Å². The molecule has 0 saturated carbocycles. The molecule has 1 saturated heterocycles. The molecule has 2 heterocycles. The molecule has 0 radical (unpaired) electrons. The molecule has 0 bridgehead atoms. The van der Waals surface area contributed by atoms with Crippen molar-refractivity contribution in [1.29, 1.82) is 5.26 Å².